The molecule has 15 heavy (non-hydrogen) atoms. The van der Waals surface area contributed by atoms with E-state index in [1.807, 2.05) is 0 Å². The first-order valence-electron chi connectivity index (χ1n) is 4.10. The Kier molecular flexibility index (Phi) is 6.17. The summed E-state index contributed by atoms with van der Waals surface area (Å²) in [6, 6.07) is 0. The van der Waals surface area contributed by atoms with Gasteiger partial charge in [-0.2, -0.15) is 4.31 Å². The van der Waals surface area contributed by atoms with Crippen molar-refractivity contribution in [3.63, 3.8) is 0 Å². The highest BCUT2D eigenvalue weighted by Crippen LogP contribution is 2.57. The van der Waals surface area contributed by atoms with E-state index in [9.17, 15) is 9.13 Å². The fourth-order valence-corrected chi connectivity index (χ4v) is 2.25. The fourth-order valence-electron chi connectivity index (χ4n) is 0.645. The third-order valence-corrected chi connectivity index (χ3v) is 3.66. The molecule has 92 valence electrons. The number of hydrogen-bond acceptors (Lipinski definition) is 5. The molecule has 0 amide bonds. The lowest BCUT2D eigenvalue weighted by atomic mass is 10.1. The van der Waals surface area contributed by atoms with Gasteiger partial charge in [-0.1, -0.05) is 6.92 Å². The summed E-state index contributed by atoms with van der Waals surface area (Å²) < 4.78 is 29.0. The Hall–Kier alpha value is 0.220. The molecule has 0 aliphatic rings. The summed E-state index contributed by atoms with van der Waals surface area (Å²) in [7, 11) is -9.71. The molecule has 0 aliphatic carbocycles. The Bertz CT molecular complexity index is 277. The fraction of sp³-hybridized carbons (Fsp3) is 1.00. The van der Waals surface area contributed by atoms with Crippen LogP contribution >= 0.6 is 15.6 Å². The minimum absolute atomic E-state index is 0.0834. The molecule has 0 aliphatic heterocycles. The zero-order valence-corrected chi connectivity index (χ0v) is 9.93. The lowest BCUT2D eigenvalue weighted by molar-refractivity contribution is 0.171. The molecule has 2 atom stereocenters. The van der Waals surface area contributed by atoms with E-state index in [1.54, 1.807) is 6.92 Å². The molecular weight excluding hydrogens is 248 g/mol. The van der Waals surface area contributed by atoms with Crippen LogP contribution in [0.1, 0.15) is 13.3 Å². The quantitative estimate of drug-likeness (QED) is 0.477. The second-order valence-electron chi connectivity index (χ2n) is 3.00. The molecule has 0 aromatic carbocycles. The Morgan fingerprint density at radius 2 is 1.87 bits per heavy atom. The van der Waals surface area contributed by atoms with E-state index >= 15 is 0 Å². The first-order valence-corrected chi connectivity index (χ1v) is 7.13. The average Bonchev–Trinajstić information content (AvgIpc) is 1.98. The third-order valence-electron chi connectivity index (χ3n) is 1.48. The van der Waals surface area contributed by atoms with Gasteiger partial charge in [0.25, 0.3) is 0 Å². The highest BCUT2D eigenvalue weighted by atomic mass is 31.3. The van der Waals surface area contributed by atoms with Crippen LogP contribution in [0.5, 0.6) is 0 Å². The lowest BCUT2D eigenvalue weighted by Crippen LogP contribution is -2.12. The number of phosphoric ester groups is 1. The SMILES string of the molecule is CC(CN)CCOP(=O)(O)OP(=O)(O)O. The average molecular weight is 263 g/mol. The molecular formula is C5H15NO7P2. The molecule has 0 saturated heterocycles. The van der Waals surface area contributed by atoms with Crippen molar-refractivity contribution in [3.8, 4) is 0 Å². The molecule has 0 heterocycles. The molecule has 0 saturated carbocycles. The molecule has 0 aromatic heterocycles. The van der Waals surface area contributed by atoms with E-state index in [0.29, 0.717) is 13.0 Å². The van der Waals surface area contributed by atoms with Gasteiger partial charge >= 0.3 is 15.6 Å². The van der Waals surface area contributed by atoms with Crippen LogP contribution in [-0.4, -0.2) is 27.8 Å². The van der Waals surface area contributed by atoms with Crippen LogP contribution in [0, 0.1) is 5.92 Å². The summed E-state index contributed by atoms with van der Waals surface area (Å²) in [5, 5.41) is 0. The molecule has 0 aromatic rings. The minimum atomic E-state index is -5.02. The molecule has 10 heteroatoms. The standard InChI is InChI=1S/C5H15NO7P2/c1-5(4-6)2-3-12-15(10,11)13-14(7,8)9/h5H,2-4,6H2,1H3,(H,10,11)(H2,7,8,9). The van der Waals surface area contributed by atoms with E-state index < -0.39 is 15.6 Å². The minimum Gasteiger partial charge on any atom is -0.330 e. The Morgan fingerprint density at radius 1 is 1.33 bits per heavy atom. The second-order valence-corrected chi connectivity index (χ2v) is 5.83. The molecule has 0 radical (unpaired) electrons. The van der Waals surface area contributed by atoms with Crippen LogP contribution in [0.2, 0.25) is 0 Å². The largest absolute Gasteiger partial charge is 0.481 e. The van der Waals surface area contributed by atoms with Crippen molar-refractivity contribution < 1.29 is 32.6 Å². The predicted octanol–water partition coefficient (Wildman–Crippen LogP) is 0.198. The summed E-state index contributed by atoms with van der Waals surface area (Å²) in [4.78, 5) is 25.4. The normalized spacial score (nSPS) is 18.5. The van der Waals surface area contributed by atoms with Gasteiger partial charge in [-0.15, -0.1) is 0 Å². The van der Waals surface area contributed by atoms with Crippen LogP contribution in [0.3, 0.4) is 0 Å². The van der Waals surface area contributed by atoms with Crippen molar-refractivity contribution in [2.24, 2.45) is 11.7 Å². The summed E-state index contributed by atoms with van der Waals surface area (Å²) in [6.45, 7) is 2.03. The van der Waals surface area contributed by atoms with Gasteiger partial charge in [0.1, 0.15) is 0 Å². The van der Waals surface area contributed by atoms with E-state index in [4.69, 9.17) is 20.4 Å². The summed E-state index contributed by atoms with van der Waals surface area (Å²) in [6.07, 6.45) is 0.394. The first-order chi connectivity index (χ1) is 6.66. The van der Waals surface area contributed by atoms with Gasteiger partial charge in [0, 0.05) is 0 Å². The van der Waals surface area contributed by atoms with Crippen LogP contribution in [0.4, 0.5) is 0 Å². The molecule has 0 fully saturated rings. The molecule has 0 bridgehead atoms. The van der Waals surface area contributed by atoms with Gasteiger partial charge in [0.05, 0.1) is 6.61 Å². The second kappa shape index (κ2) is 6.08. The third kappa shape index (κ3) is 9.17. The van der Waals surface area contributed by atoms with Crippen molar-refractivity contribution in [1.29, 1.82) is 0 Å². The number of hydrogen-bond donors (Lipinski definition) is 4. The van der Waals surface area contributed by atoms with Crippen molar-refractivity contribution in [2.75, 3.05) is 13.2 Å². The molecule has 0 spiro atoms. The lowest BCUT2D eigenvalue weighted by Gasteiger charge is -2.13. The van der Waals surface area contributed by atoms with Crippen LogP contribution in [0.25, 0.3) is 0 Å². The number of phosphoric acid groups is 2. The van der Waals surface area contributed by atoms with Gasteiger partial charge in [-0.25, -0.2) is 9.13 Å². The van der Waals surface area contributed by atoms with Crippen LogP contribution < -0.4 is 5.73 Å². The van der Waals surface area contributed by atoms with Gasteiger partial charge in [0.2, 0.25) is 0 Å². The van der Waals surface area contributed by atoms with Gasteiger partial charge in [-0.05, 0) is 18.9 Å². The highest BCUT2D eigenvalue weighted by molar-refractivity contribution is 7.60. The van der Waals surface area contributed by atoms with E-state index in [-0.39, 0.29) is 12.5 Å². The van der Waals surface area contributed by atoms with Crippen molar-refractivity contribution >= 4 is 15.6 Å². The summed E-state index contributed by atoms with van der Waals surface area (Å²) >= 11 is 0. The van der Waals surface area contributed by atoms with Crippen molar-refractivity contribution in [3.05, 3.63) is 0 Å². The smallest absolute Gasteiger partial charge is 0.330 e. The monoisotopic (exact) mass is 263 g/mol. The maximum Gasteiger partial charge on any atom is 0.481 e. The maximum atomic E-state index is 10.9. The van der Waals surface area contributed by atoms with Crippen LogP contribution in [-0.2, 0) is 18.0 Å². The first kappa shape index (κ1) is 15.2. The molecule has 2 unspecified atom stereocenters. The van der Waals surface area contributed by atoms with E-state index in [1.165, 1.54) is 0 Å². The number of nitrogens with two attached hydrogens (primary N) is 1. The Labute approximate surface area is 87.2 Å². The molecule has 5 N–H and O–H groups in total. The van der Waals surface area contributed by atoms with E-state index in [0.717, 1.165) is 0 Å². The number of rotatable bonds is 7. The van der Waals surface area contributed by atoms with E-state index in [2.05, 4.69) is 8.83 Å². The zero-order valence-electron chi connectivity index (χ0n) is 8.15. The predicted molar refractivity (Wildman–Crippen MR) is 51.7 cm³/mol. The van der Waals surface area contributed by atoms with Crippen LogP contribution in [0.15, 0.2) is 0 Å². The Balaban J connectivity index is 3.95. The topological polar surface area (TPSA) is 139 Å². The Morgan fingerprint density at radius 3 is 2.27 bits per heavy atom. The summed E-state index contributed by atoms with van der Waals surface area (Å²) in [5.41, 5.74) is 5.28. The van der Waals surface area contributed by atoms with Gasteiger partial charge < -0.3 is 20.4 Å². The molecule has 8 nitrogen and oxygen atoms in total. The van der Waals surface area contributed by atoms with Gasteiger partial charge in [-0.3, -0.25) is 4.52 Å². The molecule has 0 rings (SSSR count). The zero-order chi connectivity index (χ0) is 12.1. The van der Waals surface area contributed by atoms with Crippen molar-refractivity contribution in [1.82, 2.24) is 0 Å². The van der Waals surface area contributed by atoms with Gasteiger partial charge in [0.15, 0.2) is 0 Å². The van der Waals surface area contributed by atoms with Crippen molar-refractivity contribution in [2.45, 2.75) is 13.3 Å². The highest BCUT2D eigenvalue weighted by Gasteiger charge is 2.32. The maximum absolute atomic E-state index is 10.9. The summed E-state index contributed by atoms with van der Waals surface area (Å²) in [5.74, 6) is 0.0834.